The Bertz CT molecular complexity index is 798. The van der Waals surface area contributed by atoms with E-state index in [9.17, 15) is 9.59 Å². The topological polar surface area (TPSA) is 104 Å². The number of halogens is 1. The molecule has 0 saturated carbocycles. The Kier molecular flexibility index (Phi) is 7.12. The zero-order chi connectivity index (χ0) is 19.3. The van der Waals surface area contributed by atoms with Crippen LogP contribution >= 0.6 is 39.9 Å². The SMILES string of the molecule is CN(C)C(=S)Oc1cc(Br)ccc1C=NN=C1NC(=O)C(CC(=O)O)S1. The molecule has 1 amide bonds. The van der Waals surface area contributed by atoms with Gasteiger partial charge in [0.25, 0.3) is 5.17 Å². The maximum Gasteiger partial charge on any atom is 0.305 e. The van der Waals surface area contributed by atoms with Crippen molar-refractivity contribution in [3.05, 3.63) is 28.2 Å². The van der Waals surface area contributed by atoms with Crippen LogP contribution in [0.2, 0.25) is 0 Å². The lowest BCUT2D eigenvalue weighted by molar-refractivity contribution is -0.138. The van der Waals surface area contributed by atoms with E-state index in [-0.39, 0.29) is 11.6 Å². The number of ether oxygens (including phenoxy) is 1. The summed E-state index contributed by atoms with van der Waals surface area (Å²) in [6.07, 6.45) is 1.19. The third-order valence-electron chi connectivity index (χ3n) is 3.02. The van der Waals surface area contributed by atoms with Gasteiger partial charge in [0, 0.05) is 24.1 Å². The number of hydrogen-bond acceptors (Lipinski definition) is 7. The maximum absolute atomic E-state index is 11.7. The van der Waals surface area contributed by atoms with E-state index in [1.807, 2.05) is 6.07 Å². The lowest BCUT2D eigenvalue weighted by Crippen LogP contribution is -2.26. The molecule has 1 aromatic rings. The quantitative estimate of drug-likeness (QED) is 0.395. The molecule has 1 atom stereocenters. The first-order valence-corrected chi connectivity index (χ1v) is 9.33. The minimum absolute atomic E-state index is 0.251. The molecule has 0 spiro atoms. The molecule has 26 heavy (non-hydrogen) atoms. The van der Waals surface area contributed by atoms with E-state index >= 15 is 0 Å². The van der Waals surface area contributed by atoms with Crippen molar-refractivity contribution in [3.63, 3.8) is 0 Å². The highest BCUT2D eigenvalue weighted by Gasteiger charge is 2.32. The Labute approximate surface area is 167 Å². The highest BCUT2D eigenvalue weighted by atomic mass is 79.9. The average molecular weight is 459 g/mol. The molecular weight excluding hydrogens is 444 g/mol. The van der Waals surface area contributed by atoms with Gasteiger partial charge in [0.1, 0.15) is 11.0 Å². The van der Waals surface area contributed by atoms with Crippen LogP contribution in [0.5, 0.6) is 5.75 Å². The van der Waals surface area contributed by atoms with Crippen molar-refractivity contribution in [1.29, 1.82) is 0 Å². The van der Waals surface area contributed by atoms with E-state index in [2.05, 4.69) is 31.4 Å². The van der Waals surface area contributed by atoms with Gasteiger partial charge in [0.2, 0.25) is 5.91 Å². The van der Waals surface area contributed by atoms with Gasteiger partial charge in [-0.2, -0.15) is 5.10 Å². The Morgan fingerprint density at radius 2 is 2.27 bits per heavy atom. The van der Waals surface area contributed by atoms with Crippen LogP contribution in [-0.4, -0.2) is 57.8 Å². The number of amides is 1. The maximum atomic E-state index is 11.7. The number of nitrogens with zero attached hydrogens (tertiary/aromatic N) is 3. The molecule has 2 N–H and O–H groups in total. The van der Waals surface area contributed by atoms with Gasteiger partial charge in [0.05, 0.1) is 12.6 Å². The number of aliphatic carboxylic acids is 1. The molecule has 11 heteroatoms. The van der Waals surface area contributed by atoms with Crippen LogP contribution in [0.3, 0.4) is 0 Å². The summed E-state index contributed by atoms with van der Waals surface area (Å²) in [5.41, 5.74) is 0.637. The minimum atomic E-state index is -1.05. The molecule has 1 unspecified atom stereocenters. The van der Waals surface area contributed by atoms with E-state index in [4.69, 9.17) is 22.1 Å². The van der Waals surface area contributed by atoms with Crippen molar-refractivity contribution in [2.24, 2.45) is 10.2 Å². The number of benzene rings is 1. The van der Waals surface area contributed by atoms with E-state index in [0.717, 1.165) is 16.2 Å². The fourth-order valence-electron chi connectivity index (χ4n) is 1.78. The molecule has 0 bridgehead atoms. The number of amidine groups is 1. The van der Waals surface area contributed by atoms with Gasteiger partial charge in [-0.05, 0) is 30.4 Å². The predicted molar refractivity (Wildman–Crippen MR) is 108 cm³/mol. The normalized spacial score (nSPS) is 18.2. The molecule has 0 aliphatic carbocycles. The van der Waals surface area contributed by atoms with Gasteiger partial charge < -0.3 is 20.1 Å². The van der Waals surface area contributed by atoms with Crippen molar-refractivity contribution in [2.45, 2.75) is 11.7 Å². The fourth-order valence-corrected chi connectivity index (χ4v) is 3.12. The molecule has 1 aliphatic rings. The second-order valence-electron chi connectivity index (χ2n) is 5.29. The molecule has 2 rings (SSSR count). The molecule has 1 aromatic carbocycles. The smallest absolute Gasteiger partial charge is 0.305 e. The minimum Gasteiger partial charge on any atom is -0.481 e. The summed E-state index contributed by atoms with van der Waals surface area (Å²) in [5, 5.41) is 19.0. The number of rotatable bonds is 5. The first-order valence-electron chi connectivity index (χ1n) is 7.25. The lowest BCUT2D eigenvalue weighted by atomic mass is 10.2. The van der Waals surface area contributed by atoms with Crippen molar-refractivity contribution in [2.75, 3.05) is 14.1 Å². The van der Waals surface area contributed by atoms with Crippen LogP contribution < -0.4 is 10.1 Å². The Balaban J connectivity index is 2.12. The van der Waals surface area contributed by atoms with E-state index in [1.54, 1.807) is 31.1 Å². The number of thiocarbonyl (C=S) groups is 1. The van der Waals surface area contributed by atoms with Gasteiger partial charge in [-0.3, -0.25) is 9.59 Å². The van der Waals surface area contributed by atoms with Gasteiger partial charge in [-0.15, -0.1) is 5.10 Å². The molecule has 138 valence electrons. The number of carbonyl (C=O) groups is 2. The zero-order valence-corrected chi connectivity index (χ0v) is 17.0. The zero-order valence-electron chi connectivity index (χ0n) is 13.8. The fraction of sp³-hybridized carbons (Fsp3) is 0.267. The molecule has 1 fully saturated rings. The van der Waals surface area contributed by atoms with Crippen LogP contribution in [0.25, 0.3) is 0 Å². The van der Waals surface area contributed by atoms with E-state index < -0.39 is 17.1 Å². The third-order valence-corrected chi connectivity index (χ3v) is 5.03. The summed E-state index contributed by atoms with van der Waals surface area (Å²) in [6, 6.07) is 5.34. The summed E-state index contributed by atoms with van der Waals surface area (Å²) in [4.78, 5) is 24.0. The Hall–Kier alpha value is -1.98. The van der Waals surface area contributed by atoms with Crippen LogP contribution in [-0.2, 0) is 9.59 Å². The monoisotopic (exact) mass is 458 g/mol. The average Bonchev–Trinajstić information content (AvgIpc) is 2.88. The highest BCUT2D eigenvalue weighted by molar-refractivity contribution is 9.10. The van der Waals surface area contributed by atoms with Gasteiger partial charge >= 0.3 is 5.97 Å². The van der Waals surface area contributed by atoms with Crippen LogP contribution in [0, 0.1) is 0 Å². The van der Waals surface area contributed by atoms with E-state index in [1.165, 1.54) is 6.21 Å². The lowest BCUT2D eigenvalue weighted by Gasteiger charge is -2.15. The van der Waals surface area contributed by atoms with Crippen LogP contribution in [0.15, 0.2) is 32.9 Å². The summed E-state index contributed by atoms with van der Waals surface area (Å²) in [5.74, 6) is -0.944. The molecule has 8 nitrogen and oxygen atoms in total. The largest absolute Gasteiger partial charge is 0.481 e. The van der Waals surface area contributed by atoms with Crippen LogP contribution in [0.4, 0.5) is 0 Å². The number of carboxylic acids is 1. The Morgan fingerprint density at radius 1 is 1.54 bits per heavy atom. The van der Waals surface area contributed by atoms with Crippen LogP contribution in [0.1, 0.15) is 12.0 Å². The second kappa shape index (κ2) is 9.10. The van der Waals surface area contributed by atoms with Gasteiger partial charge in [0.15, 0.2) is 5.17 Å². The standard InChI is InChI=1S/C15H15BrN4O4S2/c1-20(2)15(25)24-10-5-9(16)4-3-8(10)7-17-19-14-18-13(23)11(26-14)6-12(21)22/h3-5,7,11H,6H2,1-2H3,(H,21,22)(H,18,19,23). The first kappa shape index (κ1) is 20.3. The predicted octanol–water partition coefficient (Wildman–Crippen LogP) is 2.07. The number of hydrogen-bond donors (Lipinski definition) is 2. The number of carboxylic acid groups (broad SMARTS) is 1. The Morgan fingerprint density at radius 3 is 2.92 bits per heavy atom. The summed E-state index contributed by atoms with van der Waals surface area (Å²) >= 11 is 9.54. The molecule has 0 radical (unpaired) electrons. The summed E-state index contributed by atoms with van der Waals surface area (Å²) in [6.45, 7) is 0. The molecule has 1 heterocycles. The molecular formula is C15H15BrN4O4S2. The third kappa shape index (κ3) is 5.78. The van der Waals surface area contributed by atoms with Crippen molar-refractivity contribution >= 4 is 68.3 Å². The van der Waals surface area contributed by atoms with E-state index in [0.29, 0.717) is 16.5 Å². The first-order chi connectivity index (χ1) is 12.3. The number of thioether (sulfide) groups is 1. The molecule has 1 aliphatic heterocycles. The van der Waals surface area contributed by atoms with Crippen molar-refractivity contribution < 1.29 is 19.4 Å². The highest BCUT2D eigenvalue weighted by Crippen LogP contribution is 2.24. The number of nitrogens with one attached hydrogen (secondary N) is 1. The van der Waals surface area contributed by atoms with Crippen molar-refractivity contribution in [3.8, 4) is 5.75 Å². The van der Waals surface area contributed by atoms with Crippen molar-refractivity contribution in [1.82, 2.24) is 10.2 Å². The second-order valence-corrected chi connectivity index (χ2v) is 7.74. The summed E-state index contributed by atoms with van der Waals surface area (Å²) < 4.78 is 6.45. The van der Waals surface area contributed by atoms with Gasteiger partial charge in [-0.25, -0.2) is 0 Å². The van der Waals surface area contributed by atoms with Gasteiger partial charge in [-0.1, -0.05) is 27.7 Å². The summed E-state index contributed by atoms with van der Waals surface area (Å²) in [7, 11) is 3.54. The number of carbonyl (C=O) groups excluding carboxylic acids is 1. The molecule has 1 saturated heterocycles. The molecule has 0 aromatic heterocycles.